The fraction of sp³-hybridized carbons (Fsp3) is 0.222. The molecule has 0 fully saturated rings. The average molecular weight is 378 g/mol. The van der Waals surface area contributed by atoms with E-state index in [1.165, 1.54) is 0 Å². The van der Waals surface area contributed by atoms with Crippen LogP contribution in [-0.2, 0) is 6.54 Å². The number of halogens is 2. The number of hydrogen-bond donors (Lipinski definition) is 1. The Kier molecular flexibility index (Phi) is 5.46. The number of para-hydroxylation sites is 1. The van der Waals surface area contributed by atoms with Gasteiger partial charge in [0.25, 0.3) is 0 Å². The molecule has 3 aromatic rings. The second-order valence-corrected chi connectivity index (χ2v) is 6.35. The number of carbonyl (C=O) groups is 1. The number of carbonyl (C=O) groups excluding carboxylic acids is 1. The molecule has 0 radical (unpaired) electrons. The lowest BCUT2D eigenvalue weighted by Crippen LogP contribution is -2.40. The predicted octanol–water partition coefficient (Wildman–Crippen LogP) is 5.26. The van der Waals surface area contributed by atoms with Crippen LogP contribution < -0.4 is 10.2 Å². The number of benzene rings is 2. The van der Waals surface area contributed by atoms with Crippen LogP contribution in [0.25, 0.3) is 11.0 Å². The Morgan fingerprint density at radius 3 is 2.76 bits per heavy atom. The number of urea groups is 1. The fourth-order valence-corrected chi connectivity index (χ4v) is 2.84. The van der Waals surface area contributed by atoms with Crippen molar-refractivity contribution < 1.29 is 9.32 Å². The summed E-state index contributed by atoms with van der Waals surface area (Å²) in [5, 5.41) is 8.66. The first-order valence-corrected chi connectivity index (χ1v) is 8.69. The zero-order valence-electron chi connectivity index (χ0n) is 13.6. The van der Waals surface area contributed by atoms with Crippen LogP contribution in [0.5, 0.6) is 0 Å². The molecule has 3 rings (SSSR count). The highest BCUT2D eigenvalue weighted by atomic mass is 35.5. The molecule has 1 aromatic heterocycles. The van der Waals surface area contributed by atoms with Crippen molar-refractivity contribution in [1.82, 2.24) is 10.5 Å². The minimum Gasteiger partial charge on any atom is -0.356 e. The smallest absolute Gasteiger partial charge is 0.322 e. The maximum atomic E-state index is 12.6. The lowest BCUT2D eigenvalue weighted by molar-refractivity contribution is 0.245. The van der Waals surface area contributed by atoms with Crippen molar-refractivity contribution in [2.45, 2.75) is 19.9 Å². The Hall–Kier alpha value is -2.24. The summed E-state index contributed by atoms with van der Waals surface area (Å²) in [5.74, 6) is 0. The molecule has 0 unspecified atom stereocenters. The molecule has 1 N–H and O–H groups in total. The number of rotatable bonds is 5. The van der Waals surface area contributed by atoms with E-state index in [1.807, 2.05) is 31.2 Å². The van der Waals surface area contributed by atoms with Gasteiger partial charge < -0.3 is 9.84 Å². The van der Waals surface area contributed by atoms with Crippen molar-refractivity contribution >= 4 is 45.9 Å². The van der Waals surface area contributed by atoms with Crippen LogP contribution in [0, 0.1) is 0 Å². The first kappa shape index (κ1) is 17.6. The summed E-state index contributed by atoms with van der Waals surface area (Å²) in [6.45, 7) is 2.84. The van der Waals surface area contributed by atoms with E-state index < -0.39 is 0 Å². The normalized spacial score (nSPS) is 10.8. The fourth-order valence-electron chi connectivity index (χ4n) is 2.54. The van der Waals surface area contributed by atoms with Gasteiger partial charge >= 0.3 is 6.03 Å². The molecule has 5 nitrogen and oxygen atoms in total. The lowest BCUT2D eigenvalue weighted by atomic mass is 10.2. The molecular formula is C18H17Cl2N3O2. The van der Waals surface area contributed by atoms with E-state index in [-0.39, 0.29) is 12.6 Å². The molecule has 0 saturated carbocycles. The van der Waals surface area contributed by atoms with Gasteiger partial charge in [-0.25, -0.2) is 4.79 Å². The van der Waals surface area contributed by atoms with Crippen LogP contribution in [0.4, 0.5) is 10.5 Å². The maximum Gasteiger partial charge on any atom is 0.322 e. The topological polar surface area (TPSA) is 58.4 Å². The molecule has 0 spiro atoms. The highest BCUT2D eigenvalue weighted by Gasteiger charge is 2.17. The summed E-state index contributed by atoms with van der Waals surface area (Å²) in [6, 6.07) is 12.4. The Labute approximate surface area is 155 Å². The van der Waals surface area contributed by atoms with E-state index in [1.54, 1.807) is 23.1 Å². The monoisotopic (exact) mass is 377 g/mol. The summed E-state index contributed by atoms with van der Waals surface area (Å²) in [6.07, 6.45) is 0.806. The Bertz CT molecular complexity index is 895. The highest BCUT2D eigenvalue weighted by molar-refractivity contribution is 6.42. The zero-order chi connectivity index (χ0) is 17.8. The molecule has 0 bridgehead atoms. The largest absolute Gasteiger partial charge is 0.356 e. The van der Waals surface area contributed by atoms with Gasteiger partial charge in [0.2, 0.25) is 0 Å². The molecular weight excluding hydrogens is 361 g/mol. The van der Waals surface area contributed by atoms with Crippen LogP contribution in [0.15, 0.2) is 47.0 Å². The van der Waals surface area contributed by atoms with Crippen LogP contribution in [0.1, 0.15) is 19.0 Å². The minimum atomic E-state index is -0.229. The van der Waals surface area contributed by atoms with Crippen molar-refractivity contribution in [3.05, 3.63) is 58.2 Å². The van der Waals surface area contributed by atoms with E-state index in [0.29, 0.717) is 33.6 Å². The number of hydrogen-bond acceptors (Lipinski definition) is 3. The van der Waals surface area contributed by atoms with Gasteiger partial charge in [-0.3, -0.25) is 4.90 Å². The molecule has 2 aromatic carbocycles. The van der Waals surface area contributed by atoms with Gasteiger partial charge in [0.1, 0.15) is 5.69 Å². The minimum absolute atomic E-state index is 0.229. The lowest BCUT2D eigenvalue weighted by Gasteiger charge is -2.23. The predicted molar refractivity (Wildman–Crippen MR) is 100 cm³/mol. The van der Waals surface area contributed by atoms with Crippen LogP contribution in [-0.4, -0.2) is 17.7 Å². The second kappa shape index (κ2) is 7.76. The maximum absolute atomic E-state index is 12.6. The Balaban J connectivity index is 1.75. The molecule has 2 amide bonds. The third-order valence-corrected chi connectivity index (χ3v) is 4.51. The molecule has 1 heterocycles. The molecule has 0 aliphatic rings. The average Bonchev–Trinajstić information content (AvgIpc) is 3.03. The van der Waals surface area contributed by atoms with Crippen molar-refractivity contribution in [1.29, 1.82) is 0 Å². The van der Waals surface area contributed by atoms with Crippen LogP contribution in [0.2, 0.25) is 10.0 Å². The van der Waals surface area contributed by atoms with Gasteiger partial charge in [0.15, 0.2) is 5.58 Å². The van der Waals surface area contributed by atoms with E-state index in [2.05, 4.69) is 10.5 Å². The third kappa shape index (κ3) is 3.89. The third-order valence-electron chi connectivity index (χ3n) is 3.77. The van der Waals surface area contributed by atoms with E-state index in [0.717, 1.165) is 11.8 Å². The van der Waals surface area contributed by atoms with Gasteiger partial charge in [-0.1, -0.05) is 47.4 Å². The number of aromatic nitrogens is 1. The van der Waals surface area contributed by atoms with Crippen LogP contribution >= 0.6 is 23.2 Å². The van der Waals surface area contributed by atoms with Gasteiger partial charge in [-0.05, 0) is 36.8 Å². The second-order valence-electron chi connectivity index (χ2n) is 5.53. The van der Waals surface area contributed by atoms with Gasteiger partial charge in [0.05, 0.1) is 16.6 Å². The first-order valence-electron chi connectivity index (χ1n) is 7.94. The van der Waals surface area contributed by atoms with Gasteiger partial charge in [0, 0.05) is 17.6 Å². The summed E-state index contributed by atoms with van der Waals surface area (Å²) in [7, 11) is 0. The molecule has 130 valence electrons. The summed E-state index contributed by atoms with van der Waals surface area (Å²) < 4.78 is 5.26. The molecule has 0 aliphatic heterocycles. The molecule has 25 heavy (non-hydrogen) atoms. The number of fused-ring (bicyclic) bond motifs is 1. The Morgan fingerprint density at radius 1 is 1.20 bits per heavy atom. The highest BCUT2D eigenvalue weighted by Crippen LogP contribution is 2.27. The Morgan fingerprint density at radius 2 is 2.00 bits per heavy atom. The van der Waals surface area contributed by atoms with Crippen LogP contribution in [0.3, 0.4) is 0 Å². The summed E-state index contributed by atoms with van der Waals surface area (Å²) in [5.41, 5.74) is 2.08. The molecule has 7 heteroatoms. The summed E-state index contributed by atoms with van der Waals surface area (Å²) >= 11 is 12.0. The van der Waals surface area contributed by atoms with Crippen molar-refractivity contribution in [2.75, 3.05) is 11.4 Å². The van der Waals surface area contributed by atoms with Gasteiger partial charge in [-0.2, -0.15) is 0 Å². The molecule has 0 aliphatic carbocycles. The SMILES string of the molecule is CCCN(C(=O)NCc1noc2ccccc12)c1ccc(Cl)c(Cl)c1. The molecule has 0 saturated heterocycles. The number of anilines is 1. The zero-order valence-corrected chi connectivity index (χ0v) is 15.1. The van der Waals surface area contributed by atoms with Gasteiger partial charge in [-0.15, -0.1) is 0 Å². The number of nitrogens with one attached hydrogen (secondary N) is 1. The van der Waals surface area contributed by atoms with E-state index >= 15 is 0 Å². The number of nitrogens with zero attached hydrogens (tertiary/aromatic N) is 2. The van der Waals surface area contributed by atoms with E-state index in [4.69, 9.17) is 27.7 Å². The van der Waals surface area contributed by atoms with Crippen molar-refractivity contribution in [3.8, 4) is 0 Å². The van der Waals surface area contributed by atoms with E-state index in [9.17, 15) is 4.79 Å². The van der Waals surface area contributed by atoms with Crippen molar-refractivity contribution in [2.24, 2.45) is 0 Å². The summed E-state index contributed by atoms with van der Waals surface area (Å²) in [4.78, 5) is 14.3. The number of amides is 2. The first-order chi connectivity index (χ1) is 12.1. The van der Waals surface area contributed by atoms with Crippen molar-refractivity contribution in [3.63, 3.8) is 0 Å². The standard InChI is InChI=1S/C18H17Cl2N3O2/c1-2-9-23(12-7-8-14(19)15(20)10-12)18(24)21-11-16-13-5-3-4-6-17(13)25-22-16/h3-8,10H,2,9,11H2,1H3,(H,21,24). The molecule has 0 atom stereocenters. The quantitative estimate of drug-likeness (QED) is 0.659.